The second kappa shape index (κ2) is 5.77. The molecule has 1 aliphatic heterocycles. The molecule has 2 aromatic rings. The van der Waals surface area contributed by atoms with Gasteiger partial charge in [-0.05, 0) is 43.7 Å². The molecule has 0 atom stereocenters. The third-order valence-corrected chi connectivity index (χ3v) is 4.85. The summed E-state index contributed by atoms with van der Waals surface area (Å²) in [5, 5.41) is -0.0762. The van der Waals surface area contributed by atoms with E-state index in [1.807, 2.05) is 0 Å². The highest BCUT2D eigenvalue weighted by Crippen LogP contribution is 2.41. The zero-order valence-electron chi connectivity index (χ0n) is 13.9. The number of nitrogens with zero attached hydrogens (tertiary/aromatic N) is 1. The molecular weight excluding hydrogens is 345 g/mol. The molecule has 0 aliphatic carbocycles. The summed E-state index contributed by atoms with van der Waals surface area (Å²) in [5.41, 5.74) is -0.00583. The first kappa shape index (κ1) is 17.3. The number of aromatic nitrogens is 1. The Kier molecular flexibility index (Phi) is 3.99. The molecule has 3 rings (SSSR count). The van der Waals surface area contributed by atoms with Crippen LogP contribution in [0.4, 0.5) is 4.39 Å². The molecular formula is C18H16FNO4S. The monoisotopic (exact) mass is 361 g/mol. The number of hydrogen-bond donors (Lipinski definition) is 0. The Morgan fingerprint density at radius 3 is 2.40 bits per heavy atom. The number of rotatable bonds is 3. The Morgan fingerprint density at radius 1 is 1.12 bits per heavy atom. The normalized spacial score (nSPS) is 16.9. The van der Waals surface area contributed by atoms with Gasteiger partial charge in [-0.25, -0.2) is 17.8 Å². The Hall–Kier alpha value is -2.54. The lowest BCUT2D eigenvalue weighted by Gasteiger charge is -2.17. The summed E-state index contributed by atoms with van der Waals surface area (Å²) < 4.78 is 42.5. The number of sulfone groups is 1. The molecule has 0 amide bonds. The van der Waals surface area contributed by atoms with Gasteiger partial charge in [0.1, 0.15) is 11.6 Å². The highest BCUT2D eigenvalue weighted by Gasteiger charge is 2.43. The zero-order valence-corrected chi connectivity index (χ0v) is 14.7. The summed E-state index contributed by atoms with van der Waals surface area (Å²) in [5.74, 6) is -0.485. The van der Waals surface area contributed by atoms with Crippen molar-refractivity contribution in [1.29, 1.82) is 0 Å². The molecule has 0 N–H and O–H groups in total. The van der Waals surface area contributed by atoms with Gasteiger partial charge in [0.15, 0.2) is 20.5 Å². The third kappa shape index (κ3) is 3.19. The predicted octanol–water partition coefficient (Wildman–Crippen LogP) is 2.87. The Bertz CT molecular complexity index is 992. The van der Waals surface area contributed by atoms with Crippen LogP contribution in [-0.4, -0.2) is 31.0 Å². The summed E-state index contributed by atoms with van der Waals surface area (Å²) in [6.07, 6.45) is 2.39. The van der Waals surface area contributed by atoms with Crippen molar-refractivity contribution in [3.05, 3.63) is 59.5 Å². The van der Waals surface area contributed by atoms with Gasteiger partial charge in [-0.3, -0.25) is 4.79 Å². The fraction of sp³-hybridized carbons (Fsp3) is 0.222. The van der Waals surface area contributed by atoms with E-state index in [4.69, 9.17) is 4.74 Å². The lowest BCUT2D eigenvalue weighted by Crippen LogP contribution is -2.29. The second-order valence-electron chi connectivity index (χ2n) is 6.31. The number of carbonyl (C=O) groups excluding carboxylic acids is 1. The average Bonchev–Trinajstić information content (AvgIpc) is 2.77. The molecule has 1 aromatic carbocycles. The number of pyridine rings is 1. The lowest BCUT2D eigenvalue weighted by molar-refractivity contribution is -0.125. The van der Waals surface area contributed by atoms with Crippen LogP contribution < -0.4 is 0 Å². The van der Waals surface area contributed by atoms with Crippen LogP contribution in [0.3, 0.4) is 0 Å². The molecule has 7 heteroatoms. The van der Waals surface area contributed by atoms with Crippen LogP contribution >= 0.6 is 0 Å². The van der Waals surface area contributed by atoms with Gasteiger partial charge in [0, 0.05) is 18.0 Å². The first-order chi connectivity index (χ1) is 11.6. The molecule has 1 aliphatic rings. The van der Waals surface area contributed by atoms with E-state index in [-0.39, 0.29) is 22.1 Å². The Morgan fingerprint density at radius 2 is 1.84 bits per heavy atom. The fourth-order valence-electron chi connectivity index (χ4n) is 2.60. The molecule has 1 aromatic heterocycles. The van der Waals surface area contributed by atoms with E-state index < -0.39 is 21.3 Å². The molecule has 0 unspecified atom stereocenters. The van der Waals surface area contributed by atoms with Gasteiger partial charge in [0.25, 0.3) is 0 Å². The molecule has 0 saturated heterocycles. The summed E-state index contributed by atoms with van der Waals surface area (Å²) in [4.78, 5) is 16.7. The summed E-state index contributed by atoms with van der Waals surface area (Å²) >= 11 is 0. The van der Waals surface area contributed by atoms with Crippen molar-refractivity contribution in [2.24, 2.45) is 0 Å². The number of Topliss-reactive ketones (excluding diaryl/α,β-unsaturated/α-hetero) is 1. The maximum absolute atomic E-state index is 13.6. The number of hydrogen-bond acceptors (Lipinski definition) is 5. The lowest BCUT2D eigenvalue weighted by atomic mass is 9.93. The molecule has 0 radical (unpaired) electrons. The van der Waals surface area contributed by atoms with Gasteiger partial charge in [-0.15, -0.1) is 0 Å². The fourth-order valence-corrected chi connectivity index (χ4v) is 3.16. The minimum Gasteiger partial charge on any atom is -0.478 e. The van der Waals surface area contributed by atoms with E-state index in [9.17, 15) is 17.6 Å². The first-order valence-corrected chi connectivity index (χ1v) is 9.39. The van der Waals surface area contributed by atoms with Gasteiger partial charge in [-0.2, -0.15) is 0 Å². The minimum atomic E-state index is -3.43. The standard InChI is InChI=1S/C18H16FNO4S/c1-18(2)17(21)15(11-5-4-6-13(19)9-11)16(24-18)12-7-8-14(20-10-12)25(3,22)23/h4-10H,1-3H3. The van der Waals surface area contributed by atoms with E-state index in [0.717, 1.165) is 6.26 Å². The third-order valence-electron chi connectivity index (χ3n) is 3.85. The number of halogens is 1. The highest BCUT2D eigenvalue weighted by molar-refractivity contribution is 7.90. The van der Waals surface area contributed by atoms with Crippen molar-refractivity contribution in [2.45, 2.75) is 24.5 Å². The summed E-state index contributed by atoms with van der Waals surface area (Å²) in [6, 6.07) is 8.55. The van der Waals surface area contributed by atoms with Crippen LogP contribution in [0, 0.1) is 5.82 Å². The van der Waals surface area contributed by atoms with Gasteiger partial charge in [0.05, 0.1) is 5.57 Å². The van der Waals surface area contributed by atoms with Crippen LogP contribution in [0.1, 0.15) is 25.0 Å². The maximum Gasteiger partial charge on any atom is 0.210 e. The van der Waals surface area contributed by atoms with E-state index in [1.165, 1.54) is 36.5 Å². The van der Waals surface area contributed by atoms with Crippen LogP contribution in [-0.2, 0) is 19.4 Å². The second-order valence-corrected chi connectivity index (χ2v) is 8.28. The van der Waals surface area contributed by atoms with Gasteiger partial charge >= 0.3 is 0 Å². The number of carbonyl (C=O) groups is 1. The highest BCUT2D eigenvalue weighted by atomic mass is 32.2. The van der Waals surface area contributed by atoms with Crippen LogP contribution in [0.2, 0.25) is 0 Å². The molecule has 2 heterocycles. The molecule has 0 spiro atoms. The number of ketones is 1. The maximum atomic E-state index is 13.6. The SMILES string of the molecule is CC1(C)OC(c2ccc(S(C)(=O)=O)nc2)=C(c2cccc(F)c2)C1=O. The number of benzene rings is 1. The van der Waals surface area contributed by atoms with Crippen molar-refractivity contribution in [2.75, 3.05) is 6.26 Å². The largest absolute Gasteiger partial charge is 0.478 e. The first-order valence-electron chi connectivity index (χ1n) is 7.50. The quantitative estimate of drug-likeness (QED) is 0.840. The molecule has 25 heavy (non-hydrogen) atoms. The van der Waals surface area contributed by atoms with Gasteiger partial charge < -0.3 is 4.74 Å². The minimum absolute atomic E-state index is 0.0762. The molecule has 0 bridgehead atoms. The van der Waals surface area contributed by atoms with E-state index in [2.05, 4.69) is 4.98 Å². The van der Waals surface area contributed by atoms with Crippen molar-refractivity contribution >= 4 is 27.0 Å². The smallest absolute Gasteiger partial charge is 0.210 e. The van der Waals surface area contributed by atoms with Crippen LogP contribution in [0.15, 0.2) is 47.6 Å². The molecule has 130 valence electrons. The van der Waals surface area contributed by atoms with Crippen LogP contribution in [0.25, 0.3) is 11.3 Å². The predicted molar refractivity (Wildman–Crippen MR) is 90.7 cm³/mol. The van der Waals surface area contributed by atoms with E-state index in [0.29, 0.717) is 11.1 Å². The number of ether oxygens (including phenoxy) is 1. The van der Waals surface area contributed by atoms with E-state index in [1.54, 1.807) is 19.9 Å². The van der Waals surface area contributed by atoms with Crippen molar-refractivity contribution in [3.63, 3.8) is 0 Å². The van der Waals surface area contributed by atoms with Gasteiger partial charge in [-0.1, -0.05) is 12.1 Å². The average molecular weight is 361 g/mol. The molecule has 0 saturated carbocycles. The Labute approximate surface area is 145 Å². The zero-order chi connectivity index (χ0) is 18.4. The van der Waals surface area contributed by atoms with Crippen LogP contribution in [0.5, 0.6) is 0 Å². The summed E-state index contributed by atoms with van der Waals surface area (Å²) in [6.45, 7) is 3.25. The topological polar surface area (TPSA) is 73.3 Å². The van der Waals surface area contributed by atoms with Gasteiger partial charge in [0.2, 0.25) is 5.78 Å². The summed E-state index contributed by atoms with van der Waals surface area (Å²) in [7, 11) is -3.43. The molecule has 5 nitrogen and oxygen atoms in total. The van der Waals surface area contributed by atoms with Crippen molar-refractivity contribution < 1.29 is 22.3 Å². The van der Waals surface area contributed by atoms with Crippen molar-refractivity contribution in [1.82, 2.24) is 4.98 Å². The van der Waals surface area contributed by atoms with Crippen molar-refractivity contribution in [3.8, 4) is 0 Å². The molecule has 0 fully saturated rings. The van der Waals surface area contributed by atoms with E-state index >= 15 is 0 Å². The Balaban J connectivity index is 2.17.